The summed E-state index contributed by atoms with van der Waals surface area (Å²) in [5.41, 5.74) is 7.32. The van der Waals surface area contributed by atoms with E-state index in [1.54, 1.807) is 19.2 Å². The van der Waals surface area contributed by atoms with Crippen molar-refractivity contribution in [2.24, 2.45) is 10.7 Å². The van der Waals surface area contributed by atoms with Crippen LogP contribution >= 0.6 is 24.0 Å². The van der Waals surface area contributed by atoms with Crippen LogP contribution in [0.4, 0.5) is 0 Å². The number of amides is 1. The molecule has 0 bridgehead atoms. The summed E-state index contributed by atoms with van der Waals surface area (Å²) in [5.74, 6) is 0.326. The molecule has 0 unspecified atom stereocenters. The van der Waals surface area contributed by atoms with E-state index >= 15 is 0 Å². The fourth-order valence-corrected chi connectivity index (χ4v) is 1.51. The number of hydrogen-bond donors (Lipinski definition) is 3. The number of carbonyl (C=O) groups is 1. The average molecular weight is 390 g/mol. The van der Waals surface area contributed by atoms with Crippen molar-refractivity contribution in [3.63, 3.8) is 0 Å². The fraction of sp³-hybridized carbons (Fsp3) is 0.429. The monoisotopic (exact) mass is 390 g/mol. The Bertz CT molecular complexity index is 463. The van der Waals surface area contributed by atoms with E-state index in [0.717, 1.165) is 5.56 Å². The van der Waals surface area contributed by atoms with E-state index in [4.69, 9.17) is 5.73 Å². The molecule has 0 radical (unpaired) electrons. The minimum atomic E-state index is -0.101. The molecule has 0 aliphatic rings. The van der Waals surface area contributed by atoms with Gasteiger partial charge in [-0.05, 0) is 38.5 Å². The Hall–Kier alpha value is -1.31. The van der Waals surface area contributed by atoms with Crippen LogP contribution in [0.25, 0.3) is 0 Å². The third-order valence-corrected chi connectivity index (χ3v) is 2.38. The molecule has 0 aromatic heterocycles. The van der Waals surface area contributed by atoms with Crippen molar-refractivity contribution in [2.75, 3.05) is 7.05 Å². The average Bonchev–Trinajstić information content (AvgIpc) is 2.34. The van der Waals surface area contributed by atoms with Crippen molar-refractivity contribution in [3.8, 4) is 0 Å². The fourth-order valence-electron chi connectivity index (χ4n) is 1.51. The van der Waals surface area contributed by atoms with Crippen molar-refractivity contribution in [3.05, 3.63) is 35.4 Å². The lowest BCUT2D eigenvalue weighted by Crippen LogP contribution is -2.44. The van der Waals surface area contributed by atoms with Gasteiger partial charge in [0.05, 0.1) is 6.54 Å². The zero-order valence-corrected chi connectivity index (χ0v) is 14.7. The Balaban J connectivity index is 0.00000361. The Labute approximate surface area is 137 Å². The molecule has 0 atom stereocenters. The first-order chi connectivity index (χ1) is 8.81. The predicted molar refractivity (Wildman–Crippen MR) is 93.5 cm³/mol. The minimum Gasteiger partial charge on any atom is -0.370 e. The van der Waals surface area contributed by atoms with E-state index in [9.17, 15) is 4.79 Å². The number of rotatable bonds is 3. The third kappa shape index (κ3) is 6.74. The number of aliphatic imine (C=N–C) groups is 1. The van der Waals surface area contributed by atoms with Gasteiger partial charge in [0.1, 0.15) is 0 Å². The van der Waals surface area contributed by atoms with E-state index < -0.39 is 0 Å². The summed E-state index contributed by atoms with van der Waals surface area (Å²) < 4.78 is 0. The highest BCUT2D eigenvalue weighted by atomic mass is 127. The van der Waals surface area contributed by atoms with Crippen LogP contribution in [-0.4, -0.2) is 24.5 Å². The highest BCUT2D eigenvalue weighted by molar-refractivity contribution is 14.0. The van der Waals surface area contributed by atoms with Crippen LogP contribution in [0.5, 0.6) is 0 Å². The van der Waals surface area contributed by atoms with Crippen LogP contribution in [0, 0.1) is 0 Å². The second-order valence-corrected chi connectivity index (χ2v) is 5.35. The second kappa shape index (κ2) is 8.08. The third-order valence-electron chi connectivity index (χ3n) is 2.38. The molecule has 1 aromatic rings. The smallest absolute Gasteiger partial charge is 0.251 e. The number of carbonyl (C=O) groups excluding carboxylic acids is 1. The summed E-state index contributed by atoms with van der Waals surface area (Å²) >= 11 is 0. The van der Waals surface area contributed by atoms with Crippen LogP contribution in [0.1, 0.15) is 36.7 Å². The molecule has 5 nitrogen and oxygen atoms in total. The largest absolute Gasteiger partial charge is 0.370 e. The van der Waals surface area contributed by atoms with Crippen molar-refractivity contribution in [1.29, 1.82) is 0 Å². The summed E-state index contributed by atoms with van der Waals surface area (Å²) in [6.45, 7) is 6.55. The maximum atomic E-state index is 11.4. The van der Waals surface area contributed by atoms with Crippen molar-refractivity contribution >= 4 is 35.8 Å². The predicted octanol–water partition coefficient (Wildman–Crippen LogP) is 1.87. The molecule has 6 heteroatoms. The van der Waals surface area contributed by atoms with Gasteiger partial charge >= 0.3 is 0 Å². The quantitative estimate of drug-likeness (QED) is 0.419. The SMILES string of the molecule is CNC(=O)c1ccc(CN=C(N)NC(C)(C)C)cc1.I. The van der Waals surface area contributed by atoms with Gasteiger partial charge in [-0.2, -0.15) is 0 Å². The number of nitrogens with zero attached hydrogens (tertiary/aromatic N) is 1. The first-order valence-electron chi connectivity index (χ1n) is 6.21. The maximum Gasteiger partial charge on any atom is 0.251 e. The topological polar surface area (TPSA) is 79.5 Å². The van der Waals surface area contributed by atoms with Crippen molar-refractivity contribution < 1.29 is 4.79 Å². The molecule has 0 aliphatic carbocycles. The van der Waals surface area contributed by atoms with Crippen LogP contribution < -0.4 is 16.4 Å². The van der Waals surface area contributed by atoms with Gasteiger partial charge in [0.15, 0.2) is 5.96 Å². The van der Waals surface area contributed by atoms with E-state index in [0.29, 0.717) is 18.1 Å². The summed E-state index contributed by atoms with van der Waals surface area (Å²) in [5, 5.41) is 5.67. The molecule has 0 saturated carbocycles. The molecule has 112 valence electrons. The molecule has 0 heterocycles. The van der Waals surface area contributed by atoms with Gasteiger partial charge in [0.25, 0.3) is 5.91 Å². The molecule has 20 heavy (non-hydrogen) atoms. The number of nitrogens with two attached hydrogens (primary N) is 1. The maximum absolute atomic E-state index is 11.4. The number of guanidine groups is 1. The van der Waals surface area contributed by atoms with Gasteiger partial charge in [0.2, 0.25) is 0 Å². The van der Waals surface area contributed by atoms with Crippen LogP contribution in [0.2, 0.25) is 0 Å². The Morgan fingerprint density at radius 2 is 1.80 bits per heavy atom. The molecule has 1 rings (SSSR count). The standard InChI is InChI=1S/C14H22N4O.HI/c1-14(2,3)18-13(15)17-9-10-5-7-11(8-6-10)12(19)16-4;/h5-8H,9H2,1-4H3,(H,16,19)(H3,15,17,18);1H. The van der Waals surface area contributed by atoms with Crippen molar-refractivity contribution in [1.82, 2.24) is 10.6 Å². The molecule has 0 saturated heterocycles. The number of halogens is 1. The summed E-state index contributed by atoms with van der Waals surface area (Å²) in [6, 6.07) is 7.30. The number of benzene rings is 1. The molecule has 0 spiro atoms. The van der Waals surface area contributed by atoms with Gasteiger partial charge in [-0.3, -0.25) is 4.79 Å². The second-order valence-electron chi connectivity index (χ2n) is 5.35. The first kappa shape index (κ1) is 18.7. The molecular weight excluding hydrogens is 367 g/mol. The van der Waals surface area contributed by atoms with Gasteiger partial charge < -0.3 is 16.4 Å². The van der Waals surface area contributed by atoms with E-state index in [1.165, 1.54) is 0 Å². The molecular formula is C14H23IN4O. The Morgan fingerprint density at radius 3 is 2.25 bits per heavy atom. The van der Waals surface area contributed by atoms with E-state index in [1.807, 2.05) is 32.9 Å². The summed E-state index contributed by atoms with van der Waals surface area (Å²) in [6.07, 6.45) is 0. The highest BCUT2D eigenvalue weighted by Crippen LogP contribution is 2.06. The normalized spacial score (nSPS) is 11.5. The molecule has 4 N–H and O–H groups in total. The van der Waals surface area contributed by atoms with Crippen LogP contribution in [0.3, 0.4) is 0 Å². The van der Waals surface area contributed by atoms with Gasteiger partial charge in [-0.15, -0.1) is 24.0 Å². The number of nitrogens with one attached hydrogen (secondary N) is 2. The number of hydrogen-bond acceptors (Lipinski definition) is 2. The highest BCUT2D eigenvalue weighted by Gasteiger charge is 2.09. The van der Waals surface area contributed by atoms with Crippen molar-refractivity contribution in [2.45, 2.75) is 32.9 Å². The lowest BCUT2D eigenvalue weighted by molar-refractivity contribution is 0.0963. The lowest BCUT2D eigenvalue weighted by atomic mass is 10.1. The minimum absolute atomic E-state index is 0. The Morgan fingerprint density at radius 1 is 1.25 bits per heavy atom. The Kier molecular flexibility index (Phi) is 7.55. The lowest BCUT2D eigenvalue weighted by Gasteiger charge is -2.20. The summed E-state index contributed by atoms with van der Waals surface area (Å²) in [4.78, 5) is 15.6. The van der Waals surface area contributed by atoms with E-state index in [2.05, 4.69) is 15.6 Å². The molecule has 1 amide bonds. The van der Waals surface area contributed by atoms with Gasteiger partial charge in [0, 0.05) is 18.2 Å². The zero-order chi connectivity index (χ0) is 14.5. The van der Waals surface area contributed by atoms with Gasteiger partial charge in [-0.1, -0.05) is 12.1 Å². The first-order valence-corrected chi connectivity index (χ1v) is 6.21. The van der Waals surface area contributed by atoms with Gasteiger partial charge in [-0.25, -0.2) is 4.99 Å². The van der Waals surface area contributed by atoms with Crippen LogP contribution in [-0.2, 0) is 6.54 Å². The van der Waals surface area contributed by atoms with E-state index in [-0.39, 0.29) is 35.4 Å². The molecule has 0 aliphatic heterocycles. The van der Waals surface area contributed by atoms with Crippen LogP contribution in [0.15, 0.2) is 29.3 Å². The molecule has 0 fully saturated rings. The summed E-state index contributed by atoms with van der Waals surface area (Å²) in [7, 11) is 1.61. The molecule has 1 aromatic carbocycles. The zero-order valence-electron chi connectivity index (χ0n) is 12.4.